The molecule has 0 spiro atoms. The second kappa shape index (κ2) is 4.33. The van der Waals surface area contributed by atoms with E-state index in [1.807, 2.05) is 12.1 Å². The number of nitrogens with zero attached hydrogens (tertiary/aromatic N) is 1. The maximum absolute atomic E-state index is 3.18. The van der Waals surface area contributed by atoms with E-state index >= 15 is 0 Å². The summed E-state index contributed by atoms with van der Waals surface area (Å²) in [5, 5.41) is 1.99. The Kier molecular flexibility index (Phi) is 3.37. The molecule has 1 aliphatic rings. The smallest absolute Gasteiger partial charge is 0.0737 e. The standard InChI is InChI=1S/C10H19N3/c1-5-7-9(6-2)10-8(3)13(4)12-11-10/h7,11-12H,5-6H2,1-4H3/b9-7+. The van der Waals surface area contributed by atoms with Gasteiger partial charge in [-0.2, -0.15) is 0 Å². The molecule has 0 fully saturated rings. The molecule has 1 rings (SSSR count). The number of hydrogen-bond acceptors (Lipinski definition) is 3. The van der Waals surface area contributed by atoms with Gasteiger partial charge >= 0.3 is 0 Å². The van der Waals surface area contributed by atoms with E-state index in [9.17, 15) is 0 Å². The predicted octanol–water partition coefficient (Wildman–Crippen LogP) is 1.92. The summed E-state index contributed by atoms with van der Waals surface area (Å²) < 4.78 is 0. The first kappa shape index (κ1) is 10.1. The van der Waals surface area contributed by atoms with Gasteiger partial charge in [0.05, 0.1) is 11.4 Å². The Hall–Kier alpha value is -0.960. The third kappa shape index (κ3) is 2.04. The first-order valence-electron chi connectivity index (χ1n) is 4.86. The quantitative estimate of drug-likeness (QED) is 0.696. The number of hydrogen-bond donors (Lipinski definition) is 2. The fourth-order valence-corrected chi connectivity index (χ4v) is 1.46. The highest BCUT2D eigenvalue weighted by Crippen LogP contribution is 2.19. The van der Waals surface area contributed by atoms with Crippen LogP contribution in [0.5, 0.6) is 0 Å². The van der Waals surface area contributed by atoms with Crippen LogP contribution in [0.4, 0.5) is 0 Å². The SMILES string of the molecule is CC/C=C(\CC)C1=C(C)N(C)NN1. The molecule has 0 saturated heterocycles. The van der Waals surface area contributed by atoms with Gasteiger partial charge in [-0.3, -0.25) is 5.01 Å². The van der Waals surface area contributed by atoms with Crippen LogP contribution in [-0.4, -0.2) is 12.1 Å². The maximum atomic E-state index is 3.18. The third-order valence-corrected chi connectivity index (χ3v) is 2.37. The fraction of sp³-hybridized carbons (Fsp3) is 0.600. The molecule has 74 valence electrons. The van der Waals surface area contributed by atoms with Crippen LogP contribution in [0.25, 0.3) is 0 Å². The van der Waals surface area contributed by atoms with E-state index in [4.69, 9.17) is 0 Å². The molecule has 2 N–H and O–H groups in total. The van der Waals surface area contributed by atoms with Crippen molar-refractivity contribution in [1.82, 2.24) is 16.0 Å². The predicted molar refractivity (Wildman–Crippen MR) is 55.4 cm³/mol. The largest absolute Gasteiger partial charge is 0.302 e. The molecule has 0 radical (unpaired) electrons. The highest BCUT2D eigenvalue weighted by atomic mass is 15.7. The van der Waals surface area contributed by atoms with Crippen LogP contribution in [0.2, 0.25) is 0 Å². The van der Waals surface area contributed by atoms with Crippen LogP contribution in [0.15, 0.2) is 23.0 Å². The van der Waals surface area contributed by atoms with Crippen LogP contribution in [-0.2, 0) is 0 Å². The summed E-state index contributed by atoms with van der Waals surface area (Å²) in [6.45, 7) is 6.46. The Balaban J connectivity index is 2.86. The van der Waals surface area contributed by atoms with E-state index in [1.165, 1.54) is 17.0 Å². The molecule has 0 amide bonds. The first-order chi connectivity index (χ1) is 6.20. The van der Waals surface area contributed by atoms with E-state index in [2.05, 4.69) is 37.8 Å². The number of rotatable bonds is 3. The van der Waals surface area contributed by atoms with Gasteiger partial charge in [-0.05, 0) is 25.3 Å². The molecular formula is C10H19N3. The Morgan fingerprint density at radius 2 is 2.15 bits per heavy atom. The lowest BCUT2D eigenvalue weighted by molar-refractivity contribution is 0.306. The Morgan fingerprint density at radius 3 is 2.54 bits per heavy atom. The number of nitrogens with one attached hydrogen (secondary N) is 2. The van der Waals surface area contributed by atoms with Gasteiger partial charge < -0.3 is 5.43 Å². The lowest BCUT2D eigenvalue weighted by atomic mass is 10.1. The summed E-state index contributed by atoms with van der Waals surface area (Å²) in [5.41, 5.74) is 10.1. The van der Waals surface area contributed by atoms with Crippen molar-refractivity contribution in [2.45, 2.75) is 33.6 Å². The van der Waals surface area contributed by atoms with E-state index < -0.39 is 0 Å². The zero-order valence-electron chi connectivity index (χ0n) is 8.94. The minimum absolute atomic E-state index is 1.07. The average Bonchev–Trinajstić information content (AvgIpc) is 2.45. The summed E-state index contributed by atoms with van der Waals surface area (Å²) in [7, 11) is 2.01. The number of hydrazine groups is 2. The van der Waals surface area contributed by atoms with Crippen molar-refractivity contribution in [2.75, 3.05) is 7.05 Å². The number of allylic oxidation sites excluding steroid dienone is 3. The first-order valence-corrected chi connectivity index (χ1v) is 4.86. The van der Waals surface area contributed by atoms with Crippen LogP contribution >= 0.6 is 0 Å². The lowest BCUT2D eigenvalue weighted by Gasteiger charge is -2.09. The average molecular weight is 181 g/mol. The second-order valence-electron chi connectivity index (χ2n) is 3.25. The van der Waals surface area contributed by atoms with Gasteiger partial charge in [0.2, 0.25) is 0 Å². The van der Waals surface area contributed by atoms with Crippen molar-refractivity contribution in [2.24, 2.45) is 0 Å². The van der Waals surface area contributed by atoms with E-state index in [1.54, 1.807) is 0 Å². The summed E-state index contributed by atoms with van der Waals surface area (Å²) in [6.07, 6.45) is 4.43. The van der Waals surface area contributed by atoms with E-state index in [0.29, 0.717) is 0 Å². The van der Waals surface area contributed by atoms with Crippen molar-refractivity contribution < 1.29 is 0 Å². The Labute approximate surface area is 80.4 Å². The topological polar surface area (TPSA) is 27.3 Å². The van der Waals surface area contributed by atoms with Crippen molar-refractivity contribution in [3.63, 3.8) is 0 Å². The van der Waals surface area contributed by atoms with Crippen LogP contribution in [0, 0.1) is 0 Å². The molecule has 1 aliphatic heterocycles. The maximum Gasteiger partial charge on any atom is 0.0737 e. The molecule has 0 aliphatic carbocycles. The van der Waals surface area contributed by atoms with Crippen molar-refractivity contribution in [3.8, 4) is 0 Å². The normalized spacial score (nSPS) is 18.2. The van der Waals surface area contributed by atoms with Crippen LogP contribution in [0.1, 0.15) is 33.6 Å². The summed E-state index contributed by atoms with van der Waals surface area (Å²) >= 11 is 0. The van der Waals surface area contributed by atoms with Gasteiger partial charge in [0.1, 0.15) is 0 Å². The molecule has 3 nitrogen and oxygen atoms in total. The Bertz CT molecular complexity index is 241. The Morgan fingerprint density at radius 1 is 1.46 bits per heavy atom. The molecule has 0 aromatic carbocycles. The summed E-state index contributed by atoms with van der Waals surface area (Å²) in [6, 6.07) is 0. The molecule has 0 atom stereocenters. The third-order valence-electron chi connectivity index (χ3n) is 2.37. The van der Waals surface area contributed by atoms with Crippen LogP contribution < -0.4 is 11.0 Å². The van der Waals surface area contributed by atoms with Gasteiger partial charge in [0.25, 0.3) is 0 Å². The zero-order chi connectivity index (χ0) is 9.84. The molecule has 0 aromatic rings. The molecule has 0 unspecified atom stereocenters. The van der Waals surface area contributed by atoms with Crippen LogP contribution in [0.3, 0.4) is 0 Å². The van der Waals surface area contributed by atoms with Gasteiger partial charge in [-0.25, -0.2) is 0 Å². The molecule has 0 aromatic heterocycles. The zero-order valence-corrected chi connectivity index (χ0v) is 8.94. The fourth-order valence-electron chi connectivity index (χ4n) is 1.46. The van der Waals surface area contributed by atoms with Crippen molar-refractivity contribution in [1.29, 1.82) is 0 Å². The lowest BCUT2D eigenvalue weighted by Crippen LogP contribution is -2.34. The molecular weight excluding hydrogens is 162 g/mol. The van der Waals surface area contributed by atoms with Crippen molar-refractivity contribution in [3.05, 3.63) is 23.0 Å². The minimum atomic E-state index is 1.07. The summed E-state index contributed by atoms with van der Waals surface area (Å²) in [5.74, 6) is 0. The second-order valence-corrected chi connectivity index (χ2v) is 3.25. The van der Waals surface area contributed by atoms with Gasteiger partial charge in [-0.1, -0.05) is 19.9 Å². The molecule has 1 heterocycles. The van der Waals surface area contributed by atoms with Gasteiger partial charge in [-0.15, -0.1) is 5.53 Å². The van der Waals surface area contributed by atoms with Crippen molar-refractivity contribution >= 4 is 0 Å². The minimum Gasteiger partial charge on any atom is -0.302 e. The van der Waals surface area contributed by atoms with Gasteiger partial charge in [0.15, 0.2) is 0 Å². The molecule has 0 saturated carbocycles. The highest BCUT2D eigenvalue weighted by Gasteiger charge is 2.16. The molecule has 3 heteroatoms. The highest BCUT2D eigenvalue weighted by molar-refractivity contribution is 5.33. The monoisotopic (exact) mass is 181 g/mol. The van der Waals surface area contributed by atoms with E-state index in [-0.39, 0.29) is 0 Å². The van der Waals surface area contributed by atoms with E-state index in [0.717, 1.165) is 12.8 Å². The summed E-state index contributed by atoms with van der Waals surface area (Å²) in [4.78, 5) is 0. The van der Waals surface area contributed by atoms with Gasteiger partial charge in [0, 0.05) is 7.05 Å². The molecule has 0 bridgehead atoms. The molecule has 13 heavy (non-hydrogen) atoms.